The van der Waals surface area contributed by atoms with Gasteiger partial charge < -0.3 is 4.42 Å². The molecule has 0 unspecified atom stereocenters. The molecule has 6 heteroatoms. The second-order valence-corrected chi connectivity index (χ2v) is 4.55. The Morgan fingerprint density at radius 3 is 2.59 bits per heavy atom. The molecule has 2 rings (SSSR count). The van der Waals surface area contributed by atoms with Crippen LogP contribution in [0.3, 0.4) is 0 Å². The highest BCUT2D eigenvalue weighted by molar-refractivity contribution is 14.1. The lowest BCUT2D eigenvalue weighted by molar-refractivity contribution is 0.531. The lowest BCUT2D eigenvalue weighted by atomic mass is 10.4. The van der Waals surface area contributed by atoms with E-state index in [0.29, 0.717) is 11.7 Å². The van der Waals surface area contributed by atoms with E-state index in [-0.39, 0.29) is 0 Å². The number of anilines is 1. The molecule has 0 fully saturated rings. The van der Waals surface area contributed by atoms with Crippen LogP contribution >= 0.6 is 22.6 Å². The summed E-state index contributed by atoms with van der Waals surface area (Å²) < 4.78 is 6.15. The zero-order valence-corrected chi connectivity index (χ0v) is 11.6. The van der Waals surface area contributed by atoms with E-state index in [2.05, 4.69) is 43.1 Å². The van der Waals surface area contributed by atoms with E-state index in [0.717, 1.165) is 15.2 Å². The number of hydrazone groups is 1. The van der Waals surface area contributed by atoms with Crippen LogP contribution in [0.1, 0.15) is 17.1 Å². The van der Waals surface area contributed by atoms with Crippen molar-refractivity contribution in [1.82, 2.24) is 9.97 Å². The second kappa shape index (κ2) is 5.26. The van der Waals surface area contributed by atoms with Crippen molar-refractivity contribution in [2.24, 2.45) is 5.10 Å². The maximum absolute atomic E-state index is 5.33. The standard InChI is InChI=1S/C11H11IN4O/c1-7-5-8(2)15-11(14-7)16-13-6-9-3-4-10(12)17-9/h3-6H,1-2H3,(H,14,15,16)/b13-6+. The van der Waals surface area contributed by atoms with E-state index in [1.165, 1.54) is 0 Å². The van der Waals surface area contributed by atoms with Crippen LogP contribution in [0.15, 0.2) is 27.7 Å². The van der Waals surface area contributed by atoms with E-state index in [9.17, 15) is 0 Å². The Bertz CT molecular complexity index is 530. The zero-order chi connectivity index (χ0) is 12.3. The average molecular weight is 342 g/mol. The van der Waals surface area contributed by atoms with Crippen molar-refractivity contribution in [2.45, 2.75) is 13.8 Å². The monoisotopic (exact) mass is 342 g/mol. The van der Waals surface area contributed by atoms with Crippen LogP contribution in [0, 0.1) is 17.6 Å². The van der Waals surface area contributed by atoms with E-state index in [1.54, 1.807) is 6.21 Å². The molecule has 88 valence electrons. The predicted molar refractivity (Wildman–Crippen MR) is 74.1 cm³/mol. The third kappa shape index (κ3) is 3.52. The minimum Gasteiger partial charge on any atom is -0.449 e. The molecule has 0 atom stereocenters. The fourth-order valence-electron chi connectivity index (χ4n) is 1.33. The summed E-state index contributed by atoms with van der Waals surface area (Å²) in [5, 5.41) is 4.01. The first-order valence-corrected chi connectivity index (χ1v) is 6.08. The lowest BCUT2D eigenvalue weighted by Gasteiger charge is -2.00. The Labute approximate surface area is 112 Å². The van der Waals surface area contributed by atoms with Gasteiger partial charge in [0, 0.05) is 11.4 Å². The van der Waals surface area contributed by atoms with Gasteiger partial charge in [-0.15, -0.1) is 0 Å². The molecule has 5 nitrogen and oxygen atoms in total. The smallest absolute Gasteiger partial charge is 0.243 e. The molecule has 0 amide bonds. The van der Waals surface area contributed by atoms with Gasteiger partial charge in [0.1, 0.15) is 5.76 Å². The molecule has 0 aliphatic carbocycles. The van der Waals surface area contributed by atoms with Crippen molar-refractivity contribution < 1.29 is 4.42 Å². The van der Waals surface area contributed by atoms with Crippen LogP contribution in [0.5, 0.6) is 0 Å². The number of furan rings is 1. The van der Waals surface area contributed by atoms with Gasteiger partial charge in [0.15, 0.2) is 3.77 Å². The largest absolute Gasteiger partial charge is 0.449 e. The molecule has 0 aromatic carbocycles. The van der Waals surface area contributed by atoms with E-state index in [1.807, 2.05) is 32.0 Å². The number of rotatable bonds is 3. The maximum Gasteiger partial charge on any atom is 0.243 e. The van der Waals surface area contributed by atoms with Gasteiger partial charge in [-0.05, 0) is 54.6 Å². The van der Waals surface area contributed by atoms with Gasteiger partial charge in [0.2, 0.25) is 5.95 Å². The Kier molecular flexibility index (Phi) is 3.72. The van der Waals surface area contributed by atoms with Crippen LogP contribution < -0.4 is 5.43 Å². The molecule has 0 spiro atoms. The summed E-state index contributed by atoms with van der Waals surface area (Å²) in [7, 11) is 0. The Morgan fingerprint density at radius 1 is 1.29 bits per heavy atom. The van der Waals surface area contributed by atoms with Crippen LogP contribution in [0.4, 0.5) is 5.95 Å². The Hall–Kier alpha value is -1.44. The number of halogens is 1. The first kappa shape index (κ1) is 12.0. The second-order valence-electron chi connectivity index (χ2n) is 3.49. The fourth-order valence-corrected chi connectivity index (χ4v) is 1.76. The van der Waals surface area contributed by atoms with Crippen LogP contribution in [0.25, 0.3) is 0 Å². The lowest BCUT2D eigenvalue weighted by Crippen LogP contribution is -1.99. The predicted octanol–water partition coefficient (Wildman–Crippen LogP) is 2.74. The highest BCUT2D eigenvalue weighted by Gasteiger charge is 1.98. The molecule has 1 N–H and O–H groups in total. The Morgan fingerprint density at radius 2 is 2.00 bits per heavy atom. The van der Waals surface area contributed by atoms with Crippen LogP contribution in [-0.2, 0) is 0 Å². The van der Waals surface area contributed by atoms with Crippen molar-refractivity contribution in [3.05, 3.63) is 39.1 Å². The molecule has 0 saturated carbocycles. The number of aryl methyl sites for hydroxylation is 2. The summed E-state index contributed by atoms with van der Waals surface area (Å²) in [6.07, 6.45) is 1.59. The number of nitrogens with zero attached hydrogens (tertiary/aromatic N) is 3. The molecule has 0 bridgehead atoms. The highest BCUT2D eigenvalue weighted by atomic mass is 127. The number of aromatic nitrogens is 2. The van der Waals surface area contributed by atoms with Gasteiger partial charge in [-0.3, -0.25) is 0 Å². The summed E-state index contributed by atoms with van der Waals surface area (Å²) in [6.45, 7) is 3.83. The fraction of sp³-hybridized carbons (Fsp3) is 0.182. The number of hydrogen-bond donors (Lipinski definition) is 1. The zero-order valence-electron chi connectivity index (χ0n) is 9.44. The third-order valence-electron chi connectivity index (χ3n) is 1.93. The summed E-state index contributed by atoms with van der Waals surface area (Å²) in [5.74, 6) is 1.17. The molecule has 0 aliphatic heterocycles. The average Bonchev–Trinajstić information content (AvgIpc) is 2.63. The molecular weight excluding hydrogens is 331 g/mol. The molecule has 0 saturated heterocycles. The Balaban J connectivity index is 2.04. The number of nitrogens with one attached hydrogen (secondary N) is 1. The van der Waals surface area contributed by atoms with Crippen LogP contribution in [0.2, 0.25) is 0 Å². The summed E-state index contributed by atoms with van der Waals surface area (Å²) >= 11 is 2.10. The summed E-state index contributed by atoms with van der Waals surface area (Å²) in [4.78, 5) is 8.40. The molecule has 2 aromatic rings. The number of hydrogen-bond acceptors (Lipinski definition) is 5. The molecule has 0 radical (unpaired) electrons. The van der Waals surface area contributed by atoms with Gasteiger partial charge >= 0.3 is 0 Å². The SMILES string of the molecule is Cc1cc(C)nc(N/N=C/c2ccc(I)o2)n1. The van der Waals surface area contributed by atoms with Gasteiger partial charge in [0.25, 0.3) is 0 Å². The normalized spacial score (nSPS) is 11.0. The van der Waals surface area contributed by atoms with Gasteiger partial charge in [-0.2, -0.15) is 5.10 Å². The van der Waals surface area contributed by atoms with Gasteiger partial charge in [-0.1, -0.05) is 0 Å². The third-order valence-corrected chi connectivity index (χ3v) is 2.51. The maximum atomic E-state index is 5.33. The molecule has 2 heterocycles. The van der Waals surface area contributed by atoms with Crippen LogP contribution in [-0.4, -0.2) is 16.2 Å². The van der Waals surface area contributed by atoms with E-state index in [4.69, 9.17) is 4.42 Å². The first-order valence-electron chi connectivity index (χ1n) is 5.00. The molecule has 2 aromatic heterocycles. The summed E-state index contributed by atoms with van der Waals surface area (Å²) in [5.41, 5.74) is 4.58. The molecular formula is C11H11IN4O. The van der Waals surface area contributed by atoms with Crippen molar-refractivity contribution >= 4 is 34.8 Å². The minimum absolute atomic E-state index is 0.486. The molecule has 0 aliphatic rings. The van der Waals surface area contributed by atoms with E-state index >= 15 is 0 Å². The topological polar surface area (TPSA) is 63.3 Å². The van der Waals surface area contributed by atoms with Crippen molar-refractivity contribution in [3.8, 4) is 0 Å². The van der Waals surface area contributed by atoms with Crippen molar-refractivity contribution in [3.63, 3.8) is 0 Å². The molecule has 17 heavy (non-hydrogen) atoms. The quantitative estimate of drug-likeness (QED) is 0.529. The van der Waals surface area contributed by atoms with Crippen molar-refractivity contribution in [1.29, 1.82) is 0 Å². The minimum atomic E-state index is 0.486. The van der Waals surface area contributed by atoms with Gasteiger partial charge in [-0.25, -0.2) is 15.4 Å². The van der Waals surface area contributed by atoms with Gasteiger partial charge in [0.05, 0.1) is 6.21 Å². The highest BCUT2D eigenvalue weighted by Crippen LogP contribution is 2.08. The first-order chi connectivity index (χ1) is 8.13. The van der Waals surface area contributed by atoms with Crippen molar-refractivity contribution in [2.75, 3.05) is 5.43 Å². The van der Waals surface area contributed by atoms with E-state index < -0.39 is 0 Å². The summed E-state index contributed by atoms with van der Waals surface area (Å²) in [6, 6.07) is 5.62.